The first-order valence-corrected chi connectivity index (χ1v) is 9.79. The Kier molecular flexibility index (Phi) is 4.43. The zero-order valence-corrected chi connectivity index (χ0v) is 16.4. The number of amides is 2. The van der Waals surface area contributed by atoms with Crippen LogP contribution in [-0.4, -0.2) is 45.8 Å². The Bertz CT molecular complexity index is 1240. The first-order valence-electron chi connectivity index (χ1n) is 9.79. The van der Waals surface area contributed by atoms with E-state index in [1.807, 2.05) is 0 Å². The molecule has 2 aromatic carbocycles. The number of hydrogen-bond acceptors (Lipinski definition) is 7. The Labute approximate surface area is 180 Å². The van der Waals surface area contributed by atoms with Gasteiger partial charge in [-0.25, -0.2) is 9.29 Å². The number of non-ortho nitro benzene ring substituents is 1. The molecule has 2 fully saturated rings. The molecule has 3 heterocycles. The van der Waals surface area contributed by atoms with Crippen LogP contribution in [0.3, 0.4) is 0 Å². The molecular weight excluding hydrogens is 419 g/mol. The van der Waals surface area contributed by atoms with Gasteiger partial charge >= 0.3 is 0 Å². The molecule has 5 rings (SSSR count). The molecule has 2 saturated heterocycles. The molecule has 0 aromatic heterocycles. The van der Waals surface area contributed by atoms with Gasteiger partial charge in [0.1, 0.15) is 11.9 Å². The molecule has 2 aromatic rings. The predicted molar refractivity (Wildman–Crippen MR) is 110 cm³/mol. The fourth-order valence-corrected chi connectivity index (χ4v) is 4.65. The quantitative estimate of drug-likeness (QED) is 0.316. The summed E-state index contributed by atoms with van der Waals surface area (Å²) in [6, 6.07) is 8.55. The van der Waals surface area contributed by atoms with Crippen molar-refractivity contribution >= 4 is 35.2 Å². The number of benzene rings is 2. The van der Waals surface area contributed by atoms with Crippen molar-refractivity contribution in [1.29, 1.82) is 0 Å². The molecule has 2 amide bonds. The summed E-state index contributed by atoms with van der Waals surface area (Å²) >= 11 is 0. The maximum Gasteiger partial charge on any atom is 0.270 e. The highest BCUT2D eigenvalue weighted by Crippen LogP contribution is 2.46. The van der Waals surface area contributed by atoms with Crippen LogP contribution < -0.4 is 4.90 Å². The average molecular weight is 434 g/mol. The minimum Gasteiger partial charge on any atom is -0.292 e. The summed E-state index contributed by atoms with van der Waals surface area (Å²) < 4.78 is 13.8. The molecule has 160 valence electrons. The Hall–Kier alpha value is -4.21. The lowest BCUT2D eigenvalue weighted by Crippen LogP contribution is -2.46. The number of rotatable bonds is 4. The Morgan fingerprint density at radius 1 is 1.06 bits per heavy atom. The monoisotopic (exact) mass is 434 g/mol. The van der Waals surface area contributed by atoms with Gasteiger partial charge in [-0.3, -0.25) is 29.5 Å². The standard InChI is InChI=1S/C22H15FN4O5/c23-13-5-2-6-14(11-13)25-21(29)17-16-8-3-9-24-26(16)19(18(17)22(25)30)20(28)12-4-1-7-15(10-12)27(31)32/h1-11,16-19H/t16-,17-,18-,19+/m0/s1. The predicted octanol–water partition coefficient (Wildman–Crippen LogP) is 2.33. The largest absolute Gasteiger partial charge is 0.292 e. The number of Topliss-reactive ketones (excluding diaryl/α,β-unsaturated/α-hetero) is 1. The number of nitro groups is 1. The van der Waals surface area contributed by atoms with Crippen LogP contribution in [0.1, 0.15) is 10.4 Å². The lowest BCUT2D eigenvalue weighted by molar-refractivity contribution is -0.384. The number of imide groups is 1. The number of allylic oxidation sites excluding steroid dienone is 1. The van der Waals surface area contributed by atoms with E-state index in [9.17, 15) is 28.9 Å². The third kappa shape index (κ3) is 2.83. The number of fused-ring (bicyclic) bond motifs is 3. The summed E-state index contributed by atoms with van der Waals surface area (Å²) in [7, 11) is 0. The van der Waals surface area contributed by atoms with E-state index in [0.717, 1.165) is 17.0 Å². The Morgan fingerprint density at radius 3 is 2.56 bits per heavy atom. The van der Waals surface area contributed by atoms with Crippen molar-refractivity contribution in [2.24, 2.45) is 16.9 Å². The molecule has 3 aliphatic rings. The summed E-state index contributed by atoms with van der Waals surface area (Å²) in [5, 5.41) is 16.8. The molecule has 0 N–H and O–H groups in total. The van der Waals surface area contributed by atoms with E-state index in [0.29, 0.717) is 0 Å². The van der Waals surface area contributed by atoms with Crippen LogP contribution >= 0.6 is 0 Å². The Morgan fingerprint density at radius 2 is 1.81 bits per heavy atom. The molecule has 0 saturated carbocycles. The van der Waals surface area contributed by atoms with Gasteiger partial charge < -0.3 is 0 Å². The first-order chi connectivity index (χ1) is 15.4. The highest BCUT2D eigenvalue weighted by molar-refractivity contribution is 6.24. The molecule has 0 spiro atoms. The van der Waals surface area contributed by atoms with Crippen molar-refractivity contribution < 1.29 is 23.7 Å². The maximum absolute atomic E-state index is 13.8. The van der Waals surface area contributed by atoms with E-state index in [1.54, 1.807) is 12.2 Å². The van der Waals surface area contributed by atoms with Gasteiger partial charge in [0.15, 0.2) is 5.78 Å². The van der Waals surface area contributed by atoms with Gasteiger partial charge in [0.2, 0.25) is 11.8 Å². The number of ketones is 1. The maximum atomic E-state index is 13.8. The fraction of sp³-hybridized carbons (Fsp3) is 0.182. The number of halogens is 1. The highest BCUT2D eigenvalue weighted by atomic mass is 19.1. The smallest absolute Gasteiger partial charge is 0.270 e. The topological polar surface area (TPSA) is 113 Å². The second-order valence-corrected chi connectivity index (χ2v) is 7.68. The third-order valence-corrected chi connectivity index (χ3v) is 5.97. The van der Waals surface area contributed by atoms with E-state index in [-0.39, 0.29) is 16.9 Å². The Balaban J connectivity index is 1.58. The van der Waals surface area contributed by atoms with Gasteiger partial charge in [-0.2, -0.15) is 5.10 Å². The number of nitrogens with zero attached hydrogens (tertiary/aromatic N) is 4. The molecule has 0 bridgehead atoms. The van der Waals surface area contributed by atoms with E-state index < -0.39 is 52.3 Å². The van der Waals surface area contributed by atoms with E-state index in [1.165, 1.54) is 47.6 Å². The second-order valence-electron chi connectivity index (χ2n) is 7.68. The van der Waals surface area contributed by atoms with Crippen LogP contribution in [0.5, 0.6) is 0 Å². The number of hydrazone groups is 1. The molecule has 10 heteroatoms. The van der Waals surface area contributed by atoms with E-state index in [4.69, 9.17) is 0 Å². The summed E-state index contributed by atoms with van der Waals surface area (Å²) in [5.74, 6) is -4.30. The summed E-state index contributed by atoms with van der Waals surface area (Å²) in [6.07, 6.45) is 4.76. The first kappa shape index (κ1) is 19.7. The number of anilines is 1. The molecule has 32 heavy (non-hydrogen) atoms. The van der Waals surface area contributed by atoms with Crippen LogP contribution in [0.2, 0.25) is 0 Å². The van der Waals surface area contributed by atoms with Crippen molar-refractivity contribution in [3.63, 3.8) is 0 Å². The van der Waals surface area contributed by atoms with Gasteiger partial charge in [0.25, 0.3) is 5.69 Å². The van der Waals surface area contributed by atoms with E-state index >= 15 is 0 Å². The van der Waals surface area contributed by atoms with Gasteiger partial charge in [0.05, 0.1) is 28.5 Å². The van der Waals surface area contributed by atoms with Gasteiger partial charge in [-0.05, 0) is 24.3 Å². The lowest BCUT2D eigenvalue weighted by atomic mass is 9.86. The molecule has 0 aliphatic carbocycles. The minimum atomic E-state index is -1.14. The molecule has 4 atom stereocenters. The van der Waals surface area contributed by atoms with Crippen LogP contribution in [0.15, 0.2) is 65.8 Å². The molecule has 9 nitrogen and oxygen atoms in total. The summed E-state index contributed by atoms with van der Waals surface area (Å²) in [5.41, 5.74) is -0.136. The normalized spacial score (nSPS) is 25.8. The van der Waals surface area contributed by atoms with Gasteiger partial charge in [-0.15, -0.1) is 0 Å². The van der Waals surface area contributed by atoms with Crippen molar-refractivity contribution in [2.75, 3.05) is 4.90 Å². The van der Waals surface area contributed by atoms with Crippen LogP contribution in [0.4, 0.5) is 15.8 Å². The zero-order valence-electron chi connectivity index (χ0n) is 16.4. The SMILES string of the molecule is O=C(c1cccc([N+](=O)[O-])c1)[C@H]1[C@H]2C(=O)N(c3cccc(F)c3)C(=O)[C@H]2[C@@H]2C=CC=NN21. The third-order valence-electron chi connectivity index (χ3n) is 5.97. The molecule has 3 aliphatic heterocycles. The molecule has 0 radical (unpaired) electrons. The number of carbonyl (C=O) groups excluding carboxylic acids is 3. The molecule has 0 unspecified atom stereocenters. The molecular formula is C22H15FN4O5. The van der Waals surface area contributed by atoms with E-state index in [2.05, 4.69) is 5.10 Å². The lowest BCUT2D eigenvalue weighted by Gasteiger charge is -2.30. The zero-order chi connectivity index (χ0) is 22.6. The minimum absolute atomic E-state index is 0.0396. The van der Waals surface area contributed by atoms with Gasteiger partial charge in [0, 0.05) is 23.9 Å². The van der Waals surface area contributed by atoms with Gasteiger partial charge in [-0.1, -0.05) is 24.3 Å². The van der Waals surface area contributed by atoms with Crippen LogP contribution in [0, 0.1) is 27.8 Å². The van der Waals surface area contributed by atoms with Crippen molar-refractivity contribution in [1.82, 2.24) is 5.01 Å². The second kappa shape index (κ2) is 7.19. The fourth-order valence-electron chi connectivity index (χ4n) is 4.65. The summed E-state index contributed by atoms with van der Waals surface area (Å²) in [4.78, 5) is 51.6. The number of carbonyl (C=O) groups is 3. The average Bonchev–Trinajstić information content (AvgIpc) is 3.26. The summed E-state index contributed by atoms with van der Waals surface area (Å²) in [6.45, 7) is 0. The number of nitro benzene ring substituents is 1. The van der Waals surface area contributed by atoms with Crippen molar-refractivity contribution in [3.8, 4) is 0 Å². The van der Waals surface area contributed by atoms with Crippen LogP contribution in [0.25, 0.3) is 0 Å². The van der Waals surface area contributed by atoms with Crippen molar-refractivity contribution in [3.05, 3.63) is 82.2 Å². The number of hydrogen-bond donors (Lipinski definition) is 0. The van der Waals surface area contributed by atoms with Crippen molar-refractivity contribution in [2.45, 2.75) is 12.1 Å². The van der Waals surface area contributed by atoms with Crippen LogP contribution in [-0.2, 0) is 9.59 Å². The highest BCUT2D eigenvalue weighted by Gasteiger charge is 2.64.